The molecule has 0 aliphatic heterocycles. The Hall–Kier alpha value is -1.18. The highest BCUT2D eigenvalue weighted by Crippen LogP contribution is 2.33. The molecule has 1 aromatic rings. The molecule has 18 heavy (non-hydrogen) atoms. The SMILES string of the molecule is O=C(NCCCCCO)c1cc([N+](=O)[O-])c(Cl)s1. The lowest BCUT2D eigenvalue weighted by Gasteiger charge is -2.02. The molecular formula is C10H13ClN2O4S. The van der Waals surface area contributed by atoms with Crippen LogP contribution in [0, 0.1) is 10.1 Å². The van der Waals surface area contributed by atoms with Crippen LogP contribution < -0.4 is 5.32 Å². The van der Waals surface area contributed by atoms with Gasteiger partial charge in [0.2, 0.25) is 0 Å². The van der Waals surface area contributed by atoms with E-state index < -0.39 is 4.92 Å². The molecule has 1 heterocycles. The maximum Gasteiger partial charge on any atom is 0.299 e. The third-order valence-electron chi connectivity index (χ3n) is 2.21. The van der Waals surface area contributed by atoms with Gasteiger partial charge in [-0.25, -0.2) is 0 Å². The van der Waals surface area contributed by atoms with Crippen molar-refractivity contribution in [2.45, 2.75) is 19.3 Å². The summed E-state index contributed by atoms with van der Waals surface area (Å²) in [5.74, 6) is -0.362. The van der Waals surface area contributed by atoms with E-state index in [1.807, 2.05) is 0 Å². The number of nitrogens with zero attached hydrogens (tertiary/aromatic N) is 1. The zero-order valence-electron chi connectivity index (χ0n) is 9.52. The van der Waals surface area contributed by atoms with Crippen LogP contribution in [0.15, 0.2) is 6.07 Å². The predicted octanol–water partition coefficient (Wildman–Crippen LogP) is 2.20. The third-order valence-corrected chi connectivity index (χ3v) is 3.55. The Labute approximate surface area is 113 Å². The second-order valence-electron chi connectivity index (χ2n) is 3.57. The van der Waals surface area contributed by atoms with Crippen molar-refractivity contribution in [3.8, 4) is 0 Å². The zero-order valence-corrected chi connectivity index (χ0v) is 11.1. The van der Waals surface area contributed by atoms with Crippen LogP contribution in [-0.2, 0) is 0 Å². The van der Waals surface area contributed by atoms with Crippen molar-refractivity contribution < 1.29 is 14.8 Å². The second-order valence-corrected chi connectivity index (χ2v) is 5.22. The first-order valence-corrected chi connectivity index (χ1v) is 6.58. The number of unbranched alkanes of at least 4 members (excludes halogenated alkanes) is 2. The van der Waals surface area contributed by atoms with Gasteiger partial charge in [0.15, 0.2) is 4.34 Å². The van der Waals surface area contributed by atoms with Gasteiger partial charge in [0.25, 0.3) is 11.6 Å². The Morgan fingerprint density at radius 2 is 2.22 bits per heavy atom. The molecule has 1 rings (SSSR count). The molecule has 0 atom stereocenters. The molecule has 1 aromatic heterocycles. The summed E-state index contributed by atoms with van der Waals surface area (Å²) in [5.41, 5.74) is -0.243. The number of nitrogens with one attached hydrogen (secondary N) is 1. The number of rotatable bonds is 7. The van der Waals surface area contributed by atoms with E-state index in [2.05, 4.69) is 5.32 Å². The first-order valence-electron chi connectivity index (χ1n) is 5.39. The van der Waals surface area contributed by atoms with Crippen LogP contribution in [-0.4, -0.2) is 29.1 Å². The highest BCUT2D eigenvalue weighted by atomic mass is 35.5. The number of amides is 1. The minimum atomic E-state index is -0.614. The number of carbonyl (C=O) groups excluding carboxylic acids is 1. The van der Waals surface area contributed by atoms with Crippen LogP contribution in [0.5, 0.6) is 0 Å². The van der Waals surface area contributed by atoms with E-state index >= 15 is 0 Å². The van der Waals surface area contributed by atoms with E-state index in [4.69, 9.17) is 16.7 Å². The normalized spacial score (nSPS) is 10.3. The van der Waals surface area contributed by atoms with Gasteiger partial charge in [-0.05, 0) is 19.3 Å². The molecule has 6 nitrogen and oxygen atoms in total. The molecule has 1 amide bonds. The maximum atomic E-state index is 11.6. The summed E-state index contributed by atoms with van der Waals surface area (Å²) in [7, 11) is 0. The summed E-state index contributed by atoms with van der Waals surface area (Å²) in [6.07, 6.45) is 2.28. The van der Waals surface area contributed by atoms with E-state index in [1.54, 1.807) is 0 Å². The first-order chi connectivity index (χ1) is 8.56. The molecule has 0 saturated carbocycles. The molecule has 0 radical (unpaired) electrons. The largest absolute Gasteiger partial charge is 0.396 e. The fourth-order valence-corrected chi connectivity index (χ4v) is 2.44. The summed E-state index contributed by atoms with van der Waals surface area (Å²) in [6.45, 7) is 0.614. The van der Waals surface area contributed by atoms with Crippen LogP contribution in [0.4, 0.5) is 5.69 Å². The standard InChI is InChI=1S/C10H13ClN2O4S/c11-9-7(13(16)17)6-8(18-9)10(15)12-4-2-1-3-5-14/h6,14H,1-5H2,(H,12,15). The number of halogens is 1. The zero-order chi connectivity index (χ0) is 13.5. The summed E-state index contributed by atoms with van der Waals surface area (Å²) in [4.78, 5) is 21.8. The lowest BCUT2D eigenvalue weighted by atomic mass is 10.2. The van der Waals surface area contributed by atoms with E-state index in [1.165, 1.54) is 6.07 Å². The smallest absolute Gasteiger partial charge is 0.299 e. The van der Waals surface area contributed by atoms with Crippen molar-refractivity contribution >= 4 is 34.5 Å². The van der Waals surface area contributed by atoms with Gasteiger partial charge in [-0.3, -0.25) is 14.9 Å². The van der Waals surface area contributed by atoms with Gasteiger partial charge < -0.3 is 10.4 Å². The molecule has 0 bridgehead atoms. The molecule has 8 heteroatoms. The van der Waals surface area contributed by atoms with E-state index in [0.29, 0.717) is 13.0 Å². The van der Waals surface area contributed by atoms with Gasteiger partial charge in [-0.15, -0.1) is 11.3 Å². The molecule has 0 spiro atoms. The molecule has 0 aromatic carbocycles. The monoisotopic (exact) mass is 292 g/mol. The Morgan fingerprint density at radius 3 is 2.78 bits per heavy atom. The quantitative estimate of drug-likeness (QED) is 0.458. The topological polar surface area (TPSA) is 92.5 Å². The van der Waals surface area contributed by atoms with Gasteiger partial charge in [-0.2, -0.15) is 0 Å². The Kier molecular flexibility index (Phi) is 6.03. The van der Waals surface area contributed by atoms with Gasteiger partial charge in [-0.1, -0.05) is 11.6 Å². The van der Waals surface area contributed by atoms with Crippen molar-refractivity contribution in [1.29, 1.82) is 0 Å². The number of aliphatic hydroxyl groups is 1. The number of carbonyl (C=O) groups is 1. The average Bonchev–Trinajstić information content (AvgIpc) is 2.71. The number of hydrogen-bond acceptors (Lipinski definition) is 5. The molecule has 100 valence electrons. The van der Waals surface area contributed by atoms with Gasteiger partial charge in [0.1, 0.15) is 4.88 Å². The summed E-state index contributed by atoms with van der Waals surface area (Å²) >= 11 is 6.55. The van der Waals surface area contributed by atoms with Gasteiger partial charge >= 0.3 is 0 Å². The lowest BCUT2D eigenvalue weighted by Crippen LogP contribution is -2.23. The van der Waals surface area contributed by atoms with E-state index in [9.17, 15) is 14.9 Å². The average molecular weight is 293 g/mol. The molecule has 0 unspecified atom stereocenters. The fourth-order valence-electron chi connectivity index (χ4n) is 1.30. The van der Waals surface area contributed by atoms with Crippen LogP contribution in [0.2, 0.25) is 4.34 Å². The third kappa shape index (κ3) is 4.25. The van der Waals surface area contributed by atoms with Gasteiger partial charge in [0.05, 0.1) is 4.92 Å². The second kappa shape index (κ2) is 7.30. The highest BCUT2D eigenvalue weighted by molar-refractivity contribution is 7.18. The van der Waals surface area contributed by atoms with Crippen LogP contribution in [0.25, 0.3) is 0 Å². The Bertz CT molecular complexity index is 436. The molecule has 2 N–H and O–H groups in total. The molecule has 0 aliphatic rings. The van der Waals surface area contributed by atoms with Crippen molar-refractivity contribution in [3.63, 3.8) is 0 Å². The molecular weight excluding hydrogens is 280 g/mol. The summed E-state index contributed by atoms with van der Waals surface area (Å²) in [5, 5.41) is 21.8. The number of thiophene rings is 1. The molecule has 0 saturated heterocycles. The number of aliphatic hydroxyl groups excluding tert-OH is 1. The van der Waals surface area contributed by atoms with Crippen molar-refractivity contribution in [2.75, 3.05) is 13.2 Å². The van der Waals surface area contributed by atoms with Crippen LogP contribution >= 0.6 is 22.9 Å². The number of hydrogen-bond donors (Lipinski definition) is 2. The van der Waals surface area contributed by atoms with Crippen molar-refractivity contribution in [3.05, 3.63) is 25.4 Å². The highest BCUT2D eigenvalue weighted by Gasteiger charge is 2.20. The Morgan fingerprint density at radius 1 is 1.50 bits per heavy atom. The van der Waals surface area contributed by atoms with Crippen LogP contribution in [0.1, 0.15) is 28.9 Å². The first kappa shape index (κ1) is 14.9. The van der Waals surface area contributed by atoms with Crippen LogP contribution in [0.3, 0.4) is 0 Å². The summed E-state index contributed by atoms with van der Waals surface area (Å²) in [6, 6.07) is 1.18. The van der Waals surface area contributed by atoms with Gasteiger partial charge in [0, 0.05) is 19.2 Å². The predicted molar refractivity (Wildman–Crippen MR) is 69.3 cm³/mol. The van der Waals surface area contributed by atoms with Crippen molar-refractivity contribution in [2.24, 2.45) is 0 Å². The fraction of sp³-hybridized carbons (Fsp3) is 0.500. The lowest BCUT2D eigenvalue weighted by molar-refractivity contribution is -0.384. The molecule has 0 aliphatic carbocycles. The number of nitro groups is 1. The van der Waals surface area contributed by atoms with E-state index in [-0.39, 0.29) is 27.4 Å². The minimum Gasteiger partial charge on any atom is -0.396 e. The maximum absolute atomic E-state index is 11.6. The van der Waals surface area contributed by atoms with Crippen molar-refractivity contribution in [1.82, 2.24) is 5.32 Å². The van der Waals surface area contributed by atoms with E-state index in [0.717, 1.165) is 24.2 Å². The minimum absolute atomic E-state index is 0.00503. The Balaban J connectivity index is 2.47. The summed E-state index contributed by atoms with van der Waals surface area (Å²) < 4.78 is 0.00503. The molecule has 0 fully saturated rings.